The molecule has 0 aromatic carbocycles. The number of carbonyl (C=O) groups excluding carboxylic acids is 1. The highest BCUT2D eigenvalue weighted by Gasteiger charge is 2.33. The summed E-state index contributed by atoms with van der Waals surface area (Å²) < 4.78 is 12.8. The van der Waals surface area contributed by atoms with Gasteiger partial charge in [0, 0.05) is 58.9 Å². The van der Waals surface area contributed by atoms with Crippen LogP contribution in [-0.4, -0.2) is 78.0 Å². The summed E-state index contributed by atoms with van der Waals surface area (Å²) in [6.07, 6.45) is 0.852. The van der Waals surface area contributed by atoms with Gasteiger partial charge in [-0.25, -0.2) is 0 Å². The number of fused-ring (bicyclic) bond motifs is 1. The first-order valence-electron chi connectivity index (χ1n) is 8.73. The molecule has 2 atom stereocenters. The van der Waals surface area contributed by atoms with E-state index in [1.807, 2.05) is 23.6 Å². The van der Waals surface area contributed by atoms with Crippen LogP contribution in [0.1, 0.15) is 41.7 Å². The summed E-state index contributed by atoms with van der Waals surface area (Å²) in [4.78, 5) is 17.2. The van der Waals surface area contributed by atoms with E-state index in [0.29, 0.717) is 5.69 Å². The quantitative estimate of drug-likeness (QED) is 0.816. The predicted molar refractivity (Wildman–Crippen MR) is 90.1 cm³/mol. The molecule has 24 heavy (non-hydrogen) atoms. The Hall–Kier alpha value is -1.44. The number of nitrogens with zero attached hydrogens (tertiary/aromatic N) is 4. The standard InChI is InChI=1S/C17H28N4O3/c1-12-11-14-15(18-19(3)16(14)13(2)24-12)17(22)21-7-5-20(6-8-21)9-10-23-4/h12-13H,5-11H2,1-4H3/t12-,13+/m0/s1. The lowest BCUT2D eigenvalue weighted by Gasteiger charge is -2.34. The molecule has 0 spiro atoms. The first-order chi connectivity index (χ1) is 11.5. The lowest BCUT2D eigenvalue weighted by molar-refractivity contribution is -0.00908. The monoisotopic (exact) mass is 336 g/mol. The highest BCUT2D eigenvalue weighted by atomic mass is 16.5. The molecule has 2 aliphatic rings. The van der Waals surface area contributed by atoms with Crippen LogP contribution in [0.3, 0.4) is 0 Å². The van der Waals surface area contributed by atoms with Crippen molar-refractivity contribution in [2.75, 3.05) is 46.4 Å². The van der Waals surface area contributed by atoms with Crippen molar-refractivity contribution in [3.63, 3.8) is 0 Å². The Morgan fingerprint density at radius 3 is 2.67 bits per heavy atom. The first-order valence-corrected chi connectivity index (χ1v) is 8.73. The number of rotatable bonds is 4. The number of ether oxygens (including phenoxy) is 2. The van der Waals surface area contributed by atoms with E-state index in [0.717, 1.165) is 57.0 Å². The van der Waals surface area contributed by atoms with Gasteiger partial charge in [-0.2, -0.15) is 5.10 Å². The second-order valence-electron chi connectivity index (χ2n) is 6.76. The van der Waals surface area contributed by atoms with Crippen LogP contribution in [0.5, 0.6) is 0 Å². The van der Waals surface area contributed by atoms with E-state index < -0.39 is 0 Å². The third-order valence-corrected chi connectivity index (χ3v) is 4.98. The zero-order valence-electron chi connectivity index (χ0n) is 15.1. The topological polar surface area (TPSA) is 59.8 Å². The van der Waals surface area contributed by atoms with Crippen LogP contribution in [0.2, 0.25) is 0 Å². The first kappa shape index (κ1) is 17.4. The molecule has 134 valence electrons. The maximum Gasteiger partial charge on any atom is 0.274 e. The second kappa shape index (κ2) is 7.21. The number of piperazine rings is 1. The van der Waals surface area contributed by atoms with Gasteiger partial charge in [0.25, 0.3) is 5.91 Å². The highest BCUT2D eigenvalue weighted by Crippen LogP contribution is 2.32. The highest BCUT2D eigenvalue weighted by molar-refractivity contribution is 5.94. The molecule has 0 bridgehead atoms. The predicted octanol–water partition coefficient (Wildman–Crippen LogP) is 0.847. The van der Waals surface area contributed by atoms with Crippen LogP contribution in [-0.2, 0) is 22.9 Å². The van der Waals surface area contributed by atoms with Crippen LogP contribution < -0.4 is 0 Å². The van der Waals surface area contributed by atoms with Crippen molar-refractivity contribution in [1.29, 1.82) is 0 Å². The average molecular weight is 336 g/mol. The third kappa shape index (κ3) is 3.34. The minimum absolute atomic E-state index is 0.0197. The zero-order valence-corrected chi connectivity index (χ0v) is 15.1. The summed E-state index contributed by atoms with van der Waals surface area (Å²) in [5.74, 6) is 0.0551. The van der Waals surface area contributed by atoms with Crippen molar-refractivity contribution in [2.24, 2.45) is 7.05 Å². The Bertz CT molecular complexity index is 593. The lowest BCUT2D eigenvalue weighted by Crippen LogP contribution is -2.49. The molecule has 1 aromatic heterocycles. The molecule has 3 rings (SSSR count). The van der Waals surface area contributed by atoms with Crippen molar-refractivity contribution in [3.05, 3.63) is 17.0 Å². The van der Waals surface area contributed by atoms with E-state index >= 15 is 0 Å². The normalized spacial score (nSPS) is 24.9. The van der Waals surface area contributed by atoms with Gasteiger partial charge in [0.05, 0.1) is 24.5 Å². The largest absolute Gasteiger partial charge is 0.383 e. The van der Waals surface area contributed by atoms with Crippen LogP contribution >= 0.6 is 0 Å². The van der Waals surface area contributed by atoms with Gasteiger partial charge >= 0.3 is 0 Å². The van der Waals surface area contributed by atoms with Gasteiger partial charge in [0.2, 0.25) is 0 Å². The Morgan fingerprint density at radius 1 is 1.29 bits per heavy atom. The van der Waals surface area contributed by atoms with E-state index in [1.165, 1.54) is 0 Å². The van der Waals surface area contributed by atoms with Gasteiger partial charge < -0.3 is 14.4 Å². The fraction of sp³-hybridized carbons (Fsp3) is 0.765. The number of carbonyl (C=O) groups is 1. The number of hydrogen-bond acceptors (Lipinski definition) is 5. The number of methoxy groups -OCH3 is 1. The van der Waals surface area contributed by atoms with Gasteiger partial charge in [-0.15, -0.1) is 0 Å². The molecule has 0 unspecified atom stereocenters. The smallest absolute Gasteiger partial charge is 0.274 e. The Morgan fingerprint density at radius 2 is 2.00 bits per heavy atom. The minimum Gasteiger partial charge on any atom is -0.383 e. The summed E-state index contributed by atoms with van der Waals surface area (Å²) in [6.45, 7) is 9.00. The Kier molecular flexibility index (Phi) is 5.22. The van der Waals surface area contributed by atoms with Crippen molar-refractivity contribution in [3.8, 4) is 0 Å². The molecule has 3 heterocycles. The molecular weight excluding hydrogens is 308 g/mol. The van der Waals surface area contributed by atoms with Crippen molar-refractivity contribution >= 4 is 5.91 Å². The van der Waals surface area contributed by atoms with Gasteiger partial charge in [0.15, 0.2) is 5.69 Å². The van der Waals surface area contributed by atoms with Crippen LogP contribution in [0.4, 0.5) is 0 Å². The fourth-order valence-electron chi connectivity index (χ4n) is 3.76. The van der Waals surface area contributed by atoms with Crippen molar-refractivity contribution < 1.29 is 14.3 Å². The lowest BCUT2D eigenvalue weighted by atomic mass is 9.99. The summed E-state index contributed by atoms with van der Waals surface area (Å²) in [5, 5.41) is 4.53. The van der Waals surface area contributed by atoms with Gasteiger partial charge in [-0.05, 0) is 13.8 Å². The van der Waals surface area contributed by atoms with E-state index in [2.05, 4.69) is 16.9 Å². The Balaban J connectivity index is 1.72. The summed E-state index contributed by atoms with van der Waals surface area (Å²) in [7, 11) is 3.61. The number of aryl methyl sites for hydroxylation is 1. The van der Waals surface area contributed by atoms with Gasteiger partial charge in [0.1, 0.15) is 0 Å². The van der Waals surface area contributed by atoms with Crippen LogP contribution in [0, 0.1) is 0 Å². The second-order valence-corrected chi connectivity index (χ2v) is 6.76. The number of aromatic nitrogens is 2. The van der Waals surface area contributed by atoms with Gasteiger partial charge in [-0.1, -0.05) is 0 Å². The van der Waals surface area contributed by atoms with E-state index in [1.54, 1.807) is 7.11 Å². The summed E-state index contributed by atoms with van der Waals surface area (Å²) in [5.41, 5.74) is 2.71. The van der Waals surface area contributed by atoms with Crippen LogP contribution in [0.15, 0.2) is 0 Å². The summed E-state index contributed by atoms with van der Waals surface area (Å²) >= 11 is 0. The molecule has 1 saturated heterocycles. The minimum atomic E-state index is -0.0197. The third-order valence-electron chi connectivity index (χ3n) is 4.98. The molecule has 1 fully saturated rings. The average Bonchev–Trinajstić information content (AvgIpc) is 2.89. The van der Waals surface area contributed by atoms with Gasteiger partial charge in [-0.3, -0.25) is 14.4 Å². The van der Waals surface area contributed by atoms with Crippen molar-refractivity contribution in [2.45, 2.75) is 32.5 Å². The Labute approximate surface area is 143 Å². The summed E-state index contributed by atoms with van der Waals surface area (Å²) in [6, 6.07) is 0. The molecule has 0 aliphatic carbocycles. The molecule has 7 heteroatoms. The molecule has 7 nitrogen and oxygen atoms in total. The molecule has 2 aliphatic heterocycles. The maximum atomic E-state index is 13.0. The van der Waals surface area contributed by atoms with Crippen molar-refractivity contribution in [1.82, 2.24) is 19.6 Å². The van der Waals surface area contributed by atoms with E-state index in [4.69, 9.17) is 9.47 Å². The molecular formula is C17H28N4O3. The molecule has 1 amide bonds. The fourth-order valence-corrected chi connectivity index (χ4v) is 3.76. The number of amides is 1. The number of hydrogen-bond donors (Lipinski definition) is 0. The molecule has 1 aromatic rings. The maximum absolute atomic E-state index is 13.0. The van der Waals surface area contributed by atoms with E-state index in [9.17, 15) is 4.79 Å². The molecule has 0 saturated carbocycles. The molecule has 0 radical (unpaired) electrons. The SMILES string of the molecule is COCCN1CCN(C(=O)c2nn(C)c3c2C[C@H](C)O[C@@H]3C)CC1. The van der Waals surface area contributed by atoms with Crippen LogP contribution in [0.25, 0.3) is 0 Å². The molecule has 0 N–H and O–H groups in total. The zero-order chi connectivity index (χ0) is 17.3. The van der Waals surface area contributed by atoms with E-state index in [-0.39, 0.29) is 18.1 Å².